The van der Waals surface area contributed by atoms with Crippen LogP contribution in [0.3, 0.4) is 0 Å². The maximum Gasteiger partial charge on any atom is 0.317 e. The highest BCUT2D eigenvalue weighted by atomic mass is 35.5. The number of halogens is 2. The van der Waals surface area contributed by atoms with Gasteiger partial charge in [0.25, 0.3) is 0 Å². The Hall–Kier alpha value is -3.59. The minimum Gasteiger partial charge on any atom is -0.331 e. The zero-order valence-corrected chi connectivity index (χ0v) is 27.8. The summed E-state index contributed by atoms with van der Waals surface area (Å²) in [5.74, 6) is 0.587. The number of carbonyl (C=O) groups excluding carboxylic acids is 1. The molecule has 46 heavy (non-hydrogen) atoms. The lowest BCUT2D eigenvalue weighted by Gasteiger charge is -2.40. The van der Waals surface area contributed by atoms with Gasteiger partial charge in [-0.1, -0.05) is 60.3 Å². The van der Waals surface area contributed by atoms with E-state index in [0.717, 1.165) is 73.3 Å². The number of nitrogens with one attached hydrogen (secondary N) is 1. The molecule has 2 amide bonds. The number of aryl methyl sites for hydroxylation is 2. The van der Waals surface area contributed by atoms with Gasteiger partial charge < -0.3 is 10.2 Å². The Balaban J connectivity index is 0.992. The molecule has 10 heteroatoms. The second kappa shape index (κ2) is 13.3. The van der Waals surface area contributed by atoms with E-state index in [0.29, 0.717) is 27.7 Å². The van der Waals surface area contributed by atoms with Crippen molar-refractivity contribution in [1.82, 2.24) is 35.1 Å². The molecular formula is C36H39Cl2N7O. The summed E-state index contributed by atoms with van der Waals surface area (Å²) in [5, 5.41) is 4.22. The first-order valence-electron chi connectivity index (χ1n) is 16.3. The fourth-order valence-electron chi connectivity index (χ4n) is 7.17. The fraction of sp³-hybridized carbons (Fsp3) is 0.417. The number of aromatic nitrogens is 4. The predicted octanol–water partition coefficient (Wildman–Crippen LogP) is 7.85. The van der Waals surface area contributed by atoms with Crippen molar-refractivity contribution in [1.29, 1.82) is 0 Å². The predicted molar refractivity (Wildman–Crippen MR) is 182 cm³/mol. The van der Waals surface area contributed by atoms with Crippen LogP contribution in [0.4, 0.5) is 4.79 Å². The van der Waals surface area contributed by atoms with Crippen molar-refractivity contribution in [2.75, 3.05) is 20.1 Å². The summed E-state index contributed by atoms with van der Waals surface area (Å²) in [7, 11) is 1.93. The lowest BCUT2D eigenvalue weighted by molar-refractivity contribution is 0.105. The van der Waals surface area contributed by atoms with E-state index < -0.39 is 0 Å². The van der Waals surface area contributed by atoms with Crippen molar-refractivity contribution < 1.29 is 4.79 Å². The van der Waals surface area contributed by atoms with Crippen LogP contribution in [0.5, 0.6) is 0 Å². The number of likely N-dealkylation sites (tertiary alicyclic amines) is 1. The number of hydrogen-bond acceptors (Lipinski definition) is 6. The Labute approximate surface area is 280 Å². The van der Waals surface area contributed by atoms with Crippen molar-refractivity contribution in [2.24, 2.45) is 5.92 Å². The topological polar surface area (TPSA) is 87.1 Å². The van der Waals surface area contributed by atoms with Crippen molar-refractivity contribution >= 4 is 29.2 Å². The number of amides is 2. The first-order valence-corrected chi connectivity index (χ1v) is 17.0. The minimum atomic E-state index is -0.213. The van der Waals surface area contributed by atoms with E-state index in [2.05, 4.69) is 48.4 Å². The van der Waals surface area contributed by atoms with Gasteiger partial charge in [-0.3, -0.25) is 14.9 Å². The van der Waals surface area contributed by atoms with Crippen molar-refractivity contribution in [2.45, 2.75) is 70.0 Å². The quantitative estimate of drug-likeness (QED) is 0.208. The summed E-state index contributed by atoms with van der Waals surface area (Å²) >= 11 is 13.6. The molecule has 238 valence electrons. The van der Waals surface area contributed by atoms with Gasteiger partial charge in [0.2, 0.25) is 0 Å². The Bertz CT molecular complexity index is 1720. The minimum absolute atomic E-state index is 0.0620. The number of fused-ring (bicyclic) bond motifs is 1. The highest BCUT2D eigenvalue weighted by molar-refractivity contribution is 6.44. The molecule has 2 aromatic heterocycles. The lowest BCUT2D eigenvalue weighted by atomic mass is 9.97. The van der Waals surface area contributed by atoms with Gasteiger partial charge in [0.1, 0.15) is 6.33 Å². The van der Waals surface area contributed by atoms with E-state index in [1.54, 1.807) is 24.9 Å². The molecule has 1 unspecified atom stereocenters. The normalized spacial score (nSPS) is 19.1. The zero-order chi connectivity index (χ0) is 31.8. The van der Waals surface area contributed by atoms with Crippen LogP contribution in [0.2, 0.25) is 10.0 Å². The maximum atomic E-state index is 13.7. The molecule has 7 rings (SSSR count). The van der Waals surface area contributed by atoms with Crippen LogP contribution in [0.15, 0.2) is 61.3 Å². The van der Waals surface area contributed by atoms with Crippen LogP contribution in [-0.2, 0) is 6.42 Å². The Kier molecular flexibility index (Phi) is 8.95. The summed E-state index contributed by atoms with van der Waals surface area (Å²) in [4.78, 5) is 35.5. The van der Waals surface area contributed by atoms with Gasteiger partial charge in [-0.2, -0.15) is 0 Å². The highest BCUT2D eigenvalue weighted by Gasteiger charge is 2.35. The summed E-state index contributed by atoms with van der Waals surface area (Å²) < 4.78 is 0. The fourth-order valence-corrected chi connectivity index (χ4v) is 7.73. The number of nitrogens with zero attached hydrogens (tertiary/aromatic N) is 6. The standard InChI is InChI=1S/C36H39Cl2N7O/c1-22-17-30(42-21-41-22)25-5-7-27-24(19-25)6-10-33(27)45-15-11-26(12-16-45)44(2)36(46)43-31(18-23-3-4-23)28-8-9-29(35(38)34(28)37)32-20-39-13-14-40-32/h5,7-9,13-14,17,19-21,23,26,31,33H,3-4,6,10-12,15-16,18H2,1-2H3,(H,43,46)/t31-,33?/m0/s1. The molecule has 8 nitrogen and oxygen atoms in total. The van der Waals surface area contributed by atoms with Gasteiger partial charge in [-0.25, -0.2) is 14.8 Å². The van der Waals surface area contributed by atoms with Gasteiger partial charge >= 0.3 is 6.03 Å². The van der Waals surface area contributed by atoms with E-state index in [1.807, 2.05) is 37.1 Å². The summed E-state index contributed by atoms with van der Waals surface area (Å²) in [6.45, 7) is 3.94. The molecule has 1 saturated carbocycles. The van der Waals surface area contributed by atoms with Crippen LogP contribution in [0.1, 0.15) is 73.0 Å². The Morgan fingerprint density at radius 2 is 1.80 bits per heavy atom. The SMILES string of the molecule is Cc1cc(-c2ccc3c(c2)CCC3N2CCC(N(C)C(=O)N[C@@H](CC3CC3)c3ccc(-c4cnccn4)c(Cl)c3Cl)CC2)ncn1. The largest absolute Gasteiger partial charge is 0.331 e. The molecule has 0 spiro atoms. The van der Waals surface area contributed by atoms with Crippen LogP contribution in [-0.4, -0.2) is 61.9 Å². The average molecular weight is 657 g/mol. The monoisotopic (exact) mass is 655 g/mol. The molecular weight excluding hydrogens is 617 g/mol. The van der Waals surface area contributed by atoms with E-state index in [1.165, 1.54) is 24.0 Å². The second-order valence-electron chi connectivity index (χ2n) is 13.0. The molecule has 3 aliphatic rings. The number of carbonyl (C=O) groups is 1. The van der Waals surface area contributed by atoms with Gasteiger partial charge in [0.15, 0.2) is 0 Å². The Morgan fingerprint density at radius 3 is 2.54 bits per heavy atom. The highest BCUT2D eigenvalue weighted by Crippen LogP contribution is 2.43. The lowest BCUT2D eigenvalue weighted by Crippen LogP contribution is -2.49. The molecule has 1 aliphatic heterocycles. The van der Waals surface area contributed by atoms with Crippen molar-refractivity contribution in [3.8, 4) is 22.5 Å². The second-order valence-corrected chi connectivity index (χ2v) is 13.7. The number of rotatable bonds is 8. The summed E-state index contributed by atoms with van der Waals surface area (Å²) in [6, 6.07) is 13.1. The van der Waals surface area contributed by atoms with Gasteiger partial charge in [-0.15, -0.1) is 0 Å². The van der Waals surface area contributed by atoms with Crippen LogP contribution in [0.25, 0.3) is 22.5 Å². The first kappa shape index (κ1) is 31.0. The molecule has 2 fully saturated rings. The third-order valence-electron chi connectivity index (χ3n) is 9.99. The maximum absolute atomic E-state index is 13.7. The molecule has 1 saturated heterocycles. The van der Waals surface area contributed by atoms with E-state index in [9.17, 15) is 4.79 Å². The third kappa shape index (κ3) is 6.48. The molecule has 2 aromatic carbocycles. The molecule has 1 N–H and O–H groups in total. The number of piperidine rings is 1. The number of urea groups is 1. The third-order valence-corrected chi connectivity index (χ3v) is 10.9. The van der Waals surface area contributed by atoms with Crippen molar-refractivity contribution in [3.05, 3.63) is 93.7 Å². The van der Waals surface area contributed by atoms with Crippen LogP contribution in [0, 0.1) is 12.8 Å². The molecule has 0 radical (unpaired) electrons. The smallest absolute Gasteiger partial charge is 0.317 e. The average Bonchev–Trinajstić information content (AvgIpc) is 3.80. The van der Waals surface area contributed by atoms with Gasteiger partial charge in [0, 0.05) is 61.4 Å². The van der Waals surface area contributed by atoms with E-state index in [-0.39, 0.29) is 18.1 Å². The summed E-state index contributed by atoms with van der Waals surface area (Å²) in [6.07, 6.45) is 13.9. The first-order chi connectivity index (χ1) is 22.4. The Morgan fingerprint density at radius 1 is 0.978 bits per heavy atom. The number of benzene rings is 2. The van der Waals surface area contributed by atoms with E-state index in [4.69, 9.17) is 23.2 Å². The van der Waals surface area contributed by atoms with Crippen molar-refractivity contribution in [3.63, 3.8) is 0 Å². The number of hydrogen-bond donors (Lipinski definition) is 1. The molecule has 2 aliphatic carbocycles. The molecule has 4 aromatic rings. The van der Waals surface area contributed by atoms with Crippen LogP contribution < -0.4 is 5.32 Å². The van der Waals surface area contributed by atoms with Gasteiger partial charge in [0.05, 0.1) is 33.7 Å². The zero-order valence-electron chi connectivity index (χ0n) is 26.3. The molecule has 0 bridgehead atoms. The van der Waals surface area contributed by atoms with E-state index >= 15 is 0 Å². The molecule has 3 heterocycles. The summed E-state index contributed by atoms with van der Waals surface area (Å²) in [5.41, 5.74) is 8.20. The van der Waals surface area contributed by atoms with Crippen LogP contribution >= 0.6 is 23.2 Å². The molecule has 2 atom stereocenters. The van der Waals surface area contributed by atoms with Gasteiger partial charge in [-0.05, 0) is 73.8 Å².